The van der Waals surface area contributed by atoms with Crippen LogP contribution in [0.2, 0.25) is 5.15 Å². The predicted octanol–water partition coefficient (Wildman–Crippen LogP) is 1.76. The van der Waals surface area contributed by atoms with Gasteiger partial charge in [-0.3, -0.25) is 4.72 Å². The lowest BCUT2D eigenvalue weighted by atomic mass is 10.4. The molecule has 0 unspecified atom stereocenters. The fraction of sp³-hybridized carbons (Fsp3) is 0.143. The molecule has 5 nitrogen and oxygen atoms in total. The molecule has 1 aromatic rings. The first-order valence-corrected chi connectivity index (χ1v) is 6.45. The molecule has 8 heteroatoms. The lowest BCUT2D eigenvalue weighted by Crippen LogP contribution is -2.15. The largest absolute Gasteiger partial charge is 0.281 e. The quantitative estimate of drug-likeness (QED) is 0.862. The lowest BCUT2D eigenvalue weighted by molar-refractivity contribution is 0.604. The molecule has 80 valence electrons. The van der Waals surface area contributed by atoms with Crippen LogP contribution in [0.5, 0.6) is 0 Å². The van der Waals surface area contributed by atoms with Crippen molar-refractivity contribution >= 4 is 43.2 Å². The Labute approximate surface area is 100 Å². The van der Waals surface area contributed by atoms with Crippen molar-refractivity contribution in [2.75, 3.05) is 10.5 Å². The van der Waals surface area contributed by atoms with Crippen molar-refractivity contribution < 1.29 is 8.42 Å². The molecule has 0 saturated heterocycles. The summed E-state index contributed by atoms with van der Waals surface area (Å²) in [5.74, 6) is -0.604. The third-order valence-electron chi connectivity index (χ3n) is 1.32. The average molecular weight is 311 g/mol. The fourth-order valence-corrected chi connectivity index (χ4v) is 1.94. The molecule has 1 aromatic heterocycles. The summed E-state index contributed by atoms with van der Waals surface area (Å²) in [5, 5.41) is 8.50. The summed E-state index contributed by atoms with van der Waals surface area (Å²) in [6.07, 6.45) is 1.27. The van der Waals surface area contributed by atoms with Crippen LogP contribution in [0, 0.1) is 11.3 Å². The third-order valence-corrected chi connectivity index (χ3v) is 3.51. The van der Waals surface area contributed by atoms with Gasteiger partial charge in [0.15, 0.2) is 5.75 Å². The zero-order valence-corrected chi connectivity index (χ0v) is 10.4. The van der Waals surface area contributed by atoms with E-state index in [1.165, 1.54) is 12.3 Å². The number of sulfonamides is 1. The van der Waals surface area contributed by atoms with Crippen LogP contribution in [-0.2, 0) is 10.0 Å². The molecule has 0 radical (unpaired) electrons. The number of nitriles is 1. The lowest BCUT2D eigenvalue weighted by Gasteiger charge is -2.05. The highest BCUT2D eigenvalue weighted by atomic mass is 79.9. The molecule has 0 aliphatic heterocycles. The van der Waals surface area contributed by atoms with Crippen LogP contribution in [0.1, 0.15) is 0 Å². The number of anilines is 1. The summed E-state index contributed by atoms with van der Waals surface area (Å²) in [4.78, 5) is 3.73. The average Bonchev–Trinajstić information content (AvgIpc) is 2.10. The Morgan fingerprint density at radius 1 is 1.67 bits per heavy atom. The molecule has 0 fully saturated rings. The highest BCUT2D eigenvalue weighted by Gasteiger charge is 2.10. The van der Waals surface area contributed by atoms with Crippen molar-refractivity contribution in [3.63, 3.8) is 0 Å². The molecular weight excluding hydrogens is 306 g/mol. The van der Waals surface area contributed by atoms with Crippen LogP contribution in [0.25, 0.3) is 0 Å². The molecule has 0 bridgehead atoms. The van der Waals surface area contributed by atoms with Crippen molar-refractivity contribution in [1.29, 1.82) is 5.26 Å². The summed E-state index contributed by atoms with van der Waals surface area (Å²) in [5.41, 5.74) is 0.251. The van der Waals surface area contributed by atoms with Gasteiger partial charge in [-0.2, -0.15) is 5.26 Å². The Morgan fingerprint density at radius 3 is 2.87 bits per heavy atom. The molecule has 1 N–H and O–H groups in total. The molecule has 0 saturated carbocycles. The van der Waals surface area contributed by atoms with Crippen LogP contribution < -0.4 is 4.72 Å². The van der Waals surface area contributed by atoms with Crippen LogP contribution in [0.3, 0.4) is 0 Å². The minimum absolute atomic E-state index is 0.234. The summed E-state index contributed by atoms with van der Waals surface area (Å²) in [7, 11) is -3.63. The van der Waals surface area contributed by atoms with Crippen LogP contribution >= 0.6 is 27.5 Å². The Kier molecular flexibility index (Phi) is 3.90. The van der Waals surface area contributed by atoms with Gasteiger partial charge in [0.1, 0.15) is 5.15 Å². The first-order valence-electron chi connectivity index (χ1n) is 3.63. The normalized spacial score (nSPS) is 10.7. The zero-order valence-electron chi connectivity index (χ0n) is 7.24. The minimum Gasteiger partial charge on any atom is -0.281 e. The van der Waals surface area contributed by atoms with E-state index < -0.39 is 15.8 Å². The van der Waals surface area contributed by atoms with E-state index in [-0.39, 0.29) is 10.8 Å². The van der Waals surface area contributed by atoms with Gasteiger partial charge in [0.05, 0.1) is 22.4 Å². The first kappa shape index (κ1) is 12.2. The van der Waals surface area contributed by atoms with Crippen LogP contribution in [0.4, 0.5) is 5.69 Å². The second-order valence-electron chi connectivity index (χ2n) is 2.52. The van der Waals surface area contributed by atoms with Crippen LogP contribution in [0.15, 0.2) is 16.7 Å². The van der Waals surface area contributed by atoms with E-state index in [1.807, 2.05) is 0 Å². The van der Waals surface area contributed by atoms with Gasteiger partial charge in [0.25, 0.3) is 0 Å². The number of nitrogens with one attached hydrogen (secondary N) is 1. The van der Waals surface area contributed by atoms with Gasteiger partial charge in [-0.25, -0.2) is 13.4 Å². The maximum absolute atomic E-state index is 11.2. The van der Waals surface area contributed by atoms with Gasteiger partial charge in [-0.1, -0.05) is 11.6 Å². The maximum Gasteiger partial charge on any atom is 0.246 e. The van der Waals surface area contributed by atoms with E-state index in [0.29, 0.717) is 4.47 Å². The summed E-state index contributed by atoms with van der Waals surface area (Å²) in [6, 6.07) is 3.01. The van der Waals surface area contributed by atoms with Gasteiger partial charge < -0.3 is 0 Å². The van der Waals surface area contributed by atoms with E-state index in [9.17, 15) is 8.42 Å². The predicted molar refractivity (Wildman–Crippen MR) is 60.0 cm³/mol. The van der Waals surface area contributed by atoms with Crippen molar-refractivity contribution in [1.82, 2.24) is 4.98 Å². The summed E-state index contributed by atoms with van der Waals surface area (Å²) < 4.78 is 25.0. The SMILES string of the molecule is N#CCS(=O)(=O)Nc1cnc(Cl)c(Br)c1. The third kappa shape index (κ3) is 3.66. The van der Waals surface area contributed by atoms with Gasteiger partial charge in [0, 0.05) is 0 Å². The standard InChI is InChI=1S/C7H5BrClN3O2S/c8-6-3-5(4-11-7(6)9)12-15(13,14)2-1-10/h3-4,12H,2H2. The monoisotopic (exact) mass is 309 g/mol. The van der Waals surface area contributed by atoms with Crippen molar-refractivity contribution in [3.05, 3.63) is 21.9 Å². The van der Waals surface area contributed by atoms with E-state index in [1.54, 1.807) is 6.07 Å². The number of hydrogen-bond donors (Lipinski definition) is 1. The van der Waals surface area contributed by atoms with Crippen molar-refractivity contribution in [2.45, 2.75) is 0 Å². The molecule has 0 aliphatic carbocycles. The molecule has 1 rings (SSSR count). The number of nitrogens with zero attached hydrogens (tertiary/aromatic N) is 2. The van der Waals surface area contributed by atoms with Crippen LogP contribution in [-0.4, -0.2) is 19.2 Å². The Hall–Kier alpha value is -0.840. The van der Waals surface area contributed by atoms with Gasteiger partial charge in [0.2, 0.25) is 10.0 Å². The number of aromatic nitrogens is 1. The molecule has 15 heavy (non-hydrogen) atoms. The summed E-state index contributed by atoms with van der Waals surface area (Å²) in [6.45, 7) is 0. The Bertz CT molecular complexity index is 511. The maximum atomic E-state index is 11.2. The number of rotatable bonds is 3. The molecule has 0 amide bonds. The van der Waals surface area contributed by atoms with E-state index >= 15 is 0 Å². The van der Waals surface area contributed by atoms with E-state index in [4.69, 9.17) is 16.9 Å². The molecule has 0 atom stereocenters. The highest BCUT2D eigenvalue weighted by Crippen LogP contribution is 2.23. The van der Waals surface area contributed by atoms with E-state index in [0.717, 1.165) is 0 Å². The van der Waals surface area contributed by atoms with Gasteiger partial charge in [-0.05, 0) is 22.0 Å². The second-order valence-corrected chi connectivity index (χ2v) is 5.45. The first-order chi connectivity index (χ1) is 6.94. The number of halogens is 2. The summed E-state index contributed by atoms with van der Waals surface area (Å²) >= 11 is 8.72. The molecule has 0 aliphatic rings. The Morgan fingerprint density at radius 2 is 2.33 bits per heavy atom. The minimum atomic E-state index is -3.63. The van der Waals surface area contributed by atoms with Crippen molar-refractivity contribution in [2.24, 2.45) is 0 Å². The van der Waals surface area contributed by atoms with E-state index in [2.05, 4.69) is 25.6 Å². The second kappa shape index (κ2) is 4.79. The molecule has 0 aromatic carbocycles. The Balaban J connectivity index is 2.92. The molecule has 0 spiro atoms. The topological polar surface area (TPSA) is 82.8 Å². The fourth-order valence-electron chi connectivity index (χ4n) is 0.778. The number of pyridine rings is 1. The molecule has 1 heterocycles. The van der Waals surface area contributed by atoms with Gasteiger partial charge >= 0.3 is 0 Å². The van der Waals surface area contributed by atoms with Crippen molar-refractivity contribution in [3.8, 4) is 6.07 Å². The smallest absolute Gasteiger partial charge is 0.246 e. The molecular formula is C7H5BrClN3O2S. The zero-order chi connectivity index (χ0) is 11.5. The number of hydrogen-bond acceptors (Lipinski definition) is 4. The van der Waals surface area contributed by atoms with Gasteiger partial charge in [-0.15, -0.1) is 0 Å². The highest BCUT2D eigenvalue weighted by molar-refractivity contribution is 9.10.